The number of hydrogen-bond acceptors (Lipinski definition) is 5. The molecule has 130 valence electrons. The third-order valence-corrected chi connectivity index (χ3v) is 5.07. The summed E-state index contributed by atoms with van der Waals surface area (Å²) in [6, 6.07) is 10.8. The van der Waals surface area contributed by atoms with Gasteiger partial charge in [0.15, 0.2) is 0 Å². The van der Waals surface area contributed by atoms with Gasteiger partial charge in [0.2, 0.25) is 6.10 Å². The third kappa shape index (κ3) is 3.28. The highest BCUT2D eigenvalue weighted by Gasteiger charge is 2.28. The van der Waals surface area contributed by atoms with Gasteiger partial charge in [-0.2, -0.15) is 5.10 Å². The highest BCUT2D eigenvalue weighted by Crippen LogP contribution is 2.30. The van der Waals surface area contributed by atoms with E-state index in [9.17, 15) is 9.59 Å². The average Bonchev–Trinajstić information content (AvgIpc) is 3.14. The average molecular weight is 357 g/mol. The quantitative estimate of drug-likeness (QED) is 0.674. The topological polar surface area (TPSA) is 64.4 Å². The molecule has 3 rings (SSSR count). The maximum Gasteiger partial charge on any atom is 0.349 e. The van der Waals surface area contributed by atoms with Gasteiger partial charge in [0.25, 0.3) is 5.91 Å². The molecule has 0 N–H and O–H groups in total. The molecule has 1 aromatic carbocycles. The van der Waals surface area contributed by atoms with Crippen LogP contribution in [-0.4, -0.2) is 40.7 Å². The Bertz CT molecular complexity index is 893. The van der Waals surface area contributed by atoms with Crippen LogP contribution in [0.1, 0.15) is 27.0 Å². The molecule has 2 heterocycles. The molecular formula is C18H19N3O3S. The van der Waals surface area contributed by atoms with Crippen LogP contribution in [0.25, 0.3) is 10.2 Å². The third-order valence-electron chi connectivity index (χ3n) is 3.89. The Kier molecular flexibility index (Phi) is 4.59. The van der Waals surface area contributed by atoms with Crippen LogP contribution >= 0.6 is 11.3 Å². The molecule has 1 atom stereocenters. The van der Waals surface area contributed by atoms with Crippen LogP contribution in [0.3, 0.4) is 0 Å². The van der Waals surface area contributed by atoms with Gasteiger partial charge in [-0.1, -0.05) is 30.3 Å². The van der Waals surface area contributed by atoms with E-state index < -0.39 is 12.1 Å². The molecule has 0 radical (unpaired) electrons. The highest BCUT2D eigenvalue weighted by molar-refractivity contribution is 7.20. The van der Waals surface area contributed by atoms with E-state index >= 15 is 0 Å². The fourth-order valence-corrected chi connectivity index (χ4v) is 3.60. The molecule has 0 aliphatic heterocycles. The molecular weight excluding hydrogens is 338 g/mol. The molecule has 0 aliphatic carbocycles. The number of esters is 1. The summed E-state index contributed by atoms with van der Waals surface area (Å²) in [5.74, 6) is -0.789. The molecule has 1 amide bonds. The number of aryl methyl sites for hydroxylation is 2. The van der Waals surface area contributed by atoms with Crippen LogP contribution in [0.5, 0.6) is 0 Å². The first kappa shape index (κ1) is 17.2. The smallest absolute Gasteiger partial charge is 0.349 e. The first-order chi connectivity index (χ1) is 11.9. The summed E-state index contributed by atoms with van der Waals surface area (Å²) in [5.41, 5.74) is 1.50. The van der Waals surface area contributed by atoms with E-state index in [1.165, 1.54) is 16.2 Å². The largest absolute Gasteiger partial charge is 0.443 e. The van der Waals surface area contributed by atoms with Gasteiger partial charge in [0.05, 0.1) is 5.69 Å². The first-order valence-corrected chi connectivity index (χ1v) is 8.60. The summed E-state index contributed by atoms with van der Waals surface area (Å²) in [4.78, 5) is 27.9. The molecule has 6 nitrogen and oxygen atoms in total. The van der Waals surface area contributed by atoms with Gasteiger partial charge in [-0.15, -0.1) is 11.3 Å². The van der Waals surface area contributed by atoms with Gasteiger partial charge in [-0.25, -0.2) is 4.79 Å². The van der Waals surface area contributed by atoms with Crippen molar-refractivity contribution in [3.8, 4) is 0 Å². The van der Waals surface area contributed by atoms with E-state index in [-0.39, 0.29) is 5.91 Å². The Balaban J connectivity index is 1.91. The van der Waals surface area contributed by atoms with Gasteiger partial charge in [0.1, 0.15) is 9.71 Å². The van der Waals surface area contributed by atoms with Gasteiger partial charge in [-0.3, -0.25) is 9.48 Å². The van der Waals surface area contributed by atoms with Gasteiger partial charge < -0.3 is 9.64 Å². The van der Waals surface area contributed by atoms with Crippen LogP contribution in [0.4, 0.5) is 0 Å². The van der Waals surface area contributed by atoms with Crippen molar-refractivity contribution in [2.24, 2.45) is 7.05 Å². The molecule has 0 saturated heterocycles. The summed E-state index contributed by atoms with van der Waals surface area (Å²) in [6.45, 7) is 1.90. The molecule has 0 spiro atoms. The Morgan fingerprint density at radius 1 is 1.24 bits per heavy atom. The van der Waals surface area contributed by atoms with Crippen LogP contribution in [0.2, 0.25) is 0 Å². The summed E-state index contributed by atoms with van der Waals surface area (Å²) < 4.78 is 7.32. The lowest BCUT2D eigenvalue weighted by Gasteiger charge is -2.20. The van der Waals surface area contributed by atoms with Crippen molar-refractivity contribution in [1.82, 2.24) is 14.7 Å². The summed E-state index contributed by atoms with van der Waals surface area (Å²) >= 11 is 1.31. The molecule has 0 aliphatic rings. The number of thiophene rings is 1. The van der Waals surface area contributed by atoms with Crippen LogP contribution in [0, 0.1) is 6.92 Å². The molecule has 25 heavy (non-hydrogen) atoms. The van der Waals surface area contributed by atoms with Crippen molar-refractivity contribution >= 4 is 33.4 Å². The number of nitrogens with zero attached hydrogens (tertiary/aromatic N) is 3. The highest BCUT2D eigenvalue weighted by atomic mass is 32.1. The molecule has 0 bridgehead atoms. The van der Waals surface area contributed by atoms with E-state index in [2.05, 4.69) is 5.10 Å². The maximum absolute atomic E-state index is 12.6. The minimum absolute atomic E-state index is 0.279. The van der Waals surface area contributed by atoms with Crippen molar-refractivity contribution in [2.45, 2.75) is 13.0 Å². The number of rotatable bonds is 4. The summed E-state index contributed by atoms with van der Waals surface area (Å²) in [6.07, 6.45) is -0.965. The normalized spacial score (nSPS) is 12.2. The number of hydrogen-bond donors (Lipinski definition) is 0. The van der Waals surface area contributed by atoms with Crippen molar-refractivity contribution in [1.29, 1.82) is 0 Å². The second-order valence-electron chi connectivity index (χ2n) is 5.97. The predicted molar refractivity (Wildman–Crippen MR) is 96.6 cm³/mol. The Morgan fingerprint density at radius 3 is 2.52 bits per heavy atom. The zero-order chi connectivity index (χ0) is 18.1. The lowest BCUT2D eigenvalue weighted by molar-refractivity contribution is -0.138. The molecule has 7 heteroatoms. The van der Waals surface area contributed by atoms with E-state index in [0.29, 0.717) is 10.4 Å². The van der Waals surface area contributed by atoms with Crippen LogP contribution in [0.15, 0.2) is 36.4 Å². The monoisotopic (exact) mass is 357 g/mol. The Morgan fingerprint density at radius 2 is 1.92 bits per heavy atom. The van der Waals surface area contributed by atoms with Crippen LogP contribution in [-0.2, 0) is 16.6 Å². The van der Waals surface area contributed by atoms with Gasteiger partial charge in [-0.05, 0) is 13.0 Å². The summed E-state index contributed by atoms with van der Waals surface area (Å²) in [7, 11) is 5.12. The number of fused-ring (bicyclic) bond motifs is 1. The maximum atomic E-state index is 12.6. The molecule has 3 aromatic rings. The van der Waals surface area contributed by atoms with E-state index in [0.717, 1.165) is 15.9 Å². The number of carbonyl (C=O) groups is 2. The number of benzene rings is 1. The van der Waals surface area contributed by atoms with E-state index in [1.54, 1.807) is 37.0 Å². The fraction of sp³-hybridized carbons (Fsp3) is 0.278. The number of carbonyl (C=O) groups excluding carboxylic acids is 2. The number of aromatic nitrogens is 2. The number of amides is 1. The SMILES string of the molecule is Cc1nn(C)c2sc(C(=O)O[C@H](C(=O)N(C)C)c3ccccc3)cc12. The lowest BCUT2D eigenvalue weighted by Crippen LogP contribution is -2.31. The number of ether oxygens (including phenoxy) is 1. The van der Waals surface area contributed by atoms with Gasteiger partial charge >= 0.3 is 5.97 Å². The van der Waals surface area contributed by atoms with Crippen molar-refractivity contribution < 1.29 is 14.3 Å². The standard InChI is InChI=1S/C18H19N3O3S/c1-11-13-10-14(25-17(13)21(4)19-11)18(23)24-15(16(22)20(2)3)12-8-6-5-7-9-12/h5-10,15H,1-4H3/t15-/m0/s1. The van der Waals surface area contributed by atoms with Crippen molar-refractivity contribution in [3.63, 3.8) is 0 Å². The van der Waals surface area contributed by atoms with E-state index in [1.807, 2.05) is 32.2 Å². The molecule has 0 saturated carbocycles. The number of likely N-dealkylation sites (N-methyl/N-ethyl adjacent to an activating group) is 1. The molecule has 2 aromatic heterocycles. The predicted octanol–water partition coefficient (Wildman–Crippen LogP) is 2.93. The van der Waals surface area contributed by atoms with Crippen LogP contribution < -0.4 is 0 Å². The zero-order valence-electron chi connectivity index (χ0n) is 14.5. The lowest BCUT2D eigenvalue weighted by atomic mass is 10.1. The van der Waals surface area contributed by atoms with Gasteiger partial charge in [0, 0.05) is 32.1 Å². The fourth-order valence-electron chi connectivity index (χ4n) is 2.59. The Labute approximate surface area is 149 Å². The second kappa shape index (κ2) is 6.68. The molecule has 0 fully saturated rings. The zero-order valence-corrected chi connectivity index (χ0v) is 15.3. The van der Waals surface area contributed by atoms with Crippen molar-refractivity contribution in [3.05, 3.63) is 52.5 Å². The summed E-state index contributed by atoms with van der Waals surface area (Å²) in [5, 5.41) is 5.25. The van der Waals surface area contributed by atoms with E-state index in [4.69, 9.17) is 4.74 Å². The second-order valence-corrected chi connectivity index (χ2v) is 7.00. The minimum atomic E-state index is -0.965. The van der Waals surface area contributed by atoms with Crippen molar-refractivity contribution in [2.75, 3.05) is 14.1 Å². The first-order valence-electron chi connectivity index (χ1n) is 7.78. The molecule has 0 unspecified atom stereocenters. The Hall–Kier alpha value is -2.67. The minimum Gasteiger partial charge on any atom is -0.443 e.